The third-order valence-electron chi connectivity index (χ3n) is 4.25. The van der Waals surface area contributed by atoms with Gasteiger partial charge in [0.2, 0.25) is 11.7 Å². The van der Waals surface area contributed by atoms with Gasteiger partial charge in [-0.25, -0.2) is 0 Å². The van der Waals surface area contributed by atoms with E-state index in [1.165, 1.54) is 4.90 Å². The average molecular weight is 409 g/mol. The molecule has 30 heavy (non-hydrogen) atoms. The summed E-state index contributed by atoms with van der Waals surface area (Å²) in [6.45, 7) is 4.03. The summed E-state index contributed by atoms with van der Waals surface area (Å²) in [4.78, 5) is 18.5. The molecule has 8 nitrogen and oxygen atoms in total. The Balaban J connectivity index is 1.63. The molecule has 156 valence electrons. The highest BCUT2D eigenvalue weighted by atomic mass is 16.5. The van der Waals surface area contributed by atoms with Gasteiger partial charge in [0, 0.05) is 18.2 Å². The number of carbonyl (C=O) groups is 1. The van der Waals surface area contributed by atoms with Crippen LogP contribution in [0.2, 0.25) is 0 Å². The first-order valence-corrected chi connectivity index (χ1v) is 9.25. The molecule has 3 rings (SSSR count). The number of amides is 1. The first-order valence-electron chi connectivity index (χ1n) is 9.25. The summed E-state index contributed by atoms with van der Waals surface area (Å²) < 4.78 is 21.2. The predicted octanol–water partition coefficient (Wildman–Crippen LogP) is 3.35. The van der Waals surface area contributed by atoms with Crippen molar-refractivity contribution in [1.82, 2.24) is 15.0 Å². The molecule has 0 radical (unpaired) electrons. The molecular weight excluding hydrogens is 386 g/mol. The van der Waals surface area contributed by atoms with Gasteiger partial charge in [-0.1, -0.05) is 17.3 Å². The van der Waals surface area contributed by atoms with E-state index in [-0.39, 0.29) is 19.1 Å². The SMILES string of the molecule is C=CCN(Cc1nc(-c2ccc(OC)cc2)no1)C(=O)COc1cccc(OC)c1. The summed E-state index contributed by atoms with van der Waals surface area (Å²) in [6, 6.07) is 14.4. The van der Waals surface area contributed by atoms with Crippen LogP contribution in [0, 0.1) is 0 Å². The van der Waals surface area contributed by atoms with Crippen LogP contribution in [0.5, 0.6) is 17.2 Å². The normalized spacial score (nSPS) is 10.3. The number of rotatable bonds is 10. The van der Waals surface area contributed by atoms with Crippen molar-refractivity contribution in [2.24, 2.45) is 0 Å². The van der Waals surface area contributed by atoms with Crippen LogP contribution in [-0.2, 0) is 11.3 Å². The highest BCUT2D eigenvalue weighted by molar-refractivity contribution is 5.77. The summed E-state index contributed by atoms with van der Waals surface area (Å²) in [6.07, 6.45) is 1.63. The number of hydrogen-bond acceptors (Lipinski definition) is 7. The van der Waals surface area contributed by atoms with Crippen LogP contribution < -0.4 is 14.2 Å². The number of hydrogen-bond donors (Lipinski definition) is 0. The molecular formula is C22H23N3O5. The van der Waals surface area contributed by atoms with Gasteiger partial charge in [-0.3, -0.25) is 4.79 Å². The summed E-state index contributed by atoms with van der Waals surface area (Å²) in [5, 5.41) is 3.99. The maximum Gasteiger partial charge on any atom is 0.261 e. The maximum atomic E-state index is 12.6. The van der Waals surface area contributed by atoms with E-state index in [9.17, 15) is 4.79 Å². The van der Waals surface area contributed by atoms with Gasteiger partial charge in [-0.05, 0) is 36.4 Å². The van der Waals surface area contributed by atoms with Crippen molar-refractivity contribution in [3.05, 3.63) is 67.1 Å². The lowest BCUT2D eigenvalue weighted by Gasteiger charge is -2.19. The molecule has 0 bridgehead atoms. The molecule has 2 aromatic carbocycles. The zero-order chi connectivity index (χ0) is 21.3. The van der Waals surface area contributed by atoms with Crippen LogP contribution in [-0.4, -0.2) is 48.3 Å². The first kappa shape index (κ1) is 20.9. The molecule has 8 heteroatoms. The lowest BCUT2D eigenvalue weighted by atomic mass is 10.2. The van der Waals surface area contributed by atoms with Crippen molar-refractivity contribution in [1.29, 1.82) is 0 Å². The van der Waals surface area contributed by atoms with Crippen molar-refractivity contribution < 1.29 is 23.5 Å². The monoisotopic (exact) mass is 409 g/mol. The Kier molecular flexibility index (Phi) is 7.05. The lowest BCUT2D eigenvalue weighted by molar-refractivity contribution is -0.133. The molecule has 0 aliphatic carbocycles. The molecule has 1 heterocycles. The van der Waals surface area contributed by atoms with Crippen molar-refractivity contribution in [2.75, 3.05) is 27.4 Å². The standard InChI is InChI=1S/C22H23N3O5/c1-4-12-25(21(26)15-29-19-7-5-6-18(13-19)28-3)14-20-23-22(24-30-20)16-8-10-17(27-2)11-9-16/h4-11,13H,1,12,14-15H2,2-3H3. The van der Waals surface area contributed by atoms with Crippen LogP contribution in [0.15, 0.2) is 65.7 Å². The number of carbonyl (C=O) groups excluding carboxylic acids is 1. The van der Waals surface area contributed by atoms with Gasteiger partial charge < -0.3 is 23.6 Å². The average Bonchev–Trinajstić information content (AvgIpc) is 3.26. The molecule has 0 aliphatic heterocycles. The number of ether oxygens (including phenoxy) is 3. The molecule has 0 unspecified atom stereocenters. The van der Waals surface area contributed by atoms with E-state index in [0.717, 1.165) is 11.3 Å². The Bertz CT molecular complexity index is 984. The summed E-state index contributed by atoms with van der Waals surface area (Å²) in [5.41, 5.74) is 0.786. The lowest BCUT2D eigenvalue weighted by Crippen LogP contribution is -2.34. The third-order valence-corrected chi connectivity index (χ3v) is 4.25. The van der Waals surface area contributed by atoms with E-state index in [2.05, 4.69) is 16.7 Å². The molecule has 0 spiro atoms. The van der Waals surface area contributed by atoms with Crippen LogP contribution in [0.3, 0.4) is 0 Å². The second kappa shape index (κ2) is 10.1. The van der Waals surface area contributed by atoms with Crippen molar-refractivity contribution in [3.63, 3.8) is 0 Å². The van der Waals surface area contributed by atoms with E-state index >= 15 is 0 Å². The molecule has 3 aromatic rings. The molecule has 0 saturated carbocycles. The Morgan fingerprint density at radius 3 is 2.53 bits per heavy atom. The highest BCUT2D eigenvalue weighted by Crippen LogP contribution is 2.21. The Morgan fingerprint density at radius 2 is 1.83 bits per heavy atom. The molecule has 0 atom stereocenters. The van der Waals surface area contributed by atoms with Gasteiger partial charge >= 0.3 is 0 Å². The Hall–Kier alpha value is -3.81. The van der Waals surface area contributed by atoms with Crippen LogP contribution in [0.1, 0.15) is 5.89 Å². The zero-order valence-electron chi connectivity index (χ0n) is 16.9. The smallest absolute Gasteiger partial charge is 0.261 e. The minimum Gasteiger partial charge on any atom is -0.497 e. The van der Waals surface area contributed by atoms with E-state index in [1.54, 1.807) is 44.6 Å². The molecule has 0 N–H and O–H groups in total. The van der Waals surface area contributed by atoms with Crippen molar-refractivity contribution in [3.8, 4) is 28.6 Å². The fourth-order valence-electron chi connectivity index (χ4n) is 2.68. The van der Waals surface area contributed by atoms with Crippen molar-refractivity contribution >= 4 is 5.91 Å². The summed E-state index contributed by atoms with van der Waals surface area (Å²) >= 11 is 0. The summed E-state index contributed by atoms with van der Waals surface area (Å²) in [7, 11) is 3.17. The molecule has 1 aromatic heterocycles. The number of nitrogens with zero attached hydrogens (tertiary/aromatic N) is 3. The van der Waals surface area contributed by atoms with Crippen LogP contribution in [0.25, 0.3) is 11.4 Å². The van der Waals surface area contributed by atoms with Crippen molar-refractivity contribution in [2.45, 2.75) is 6.54 Å². The van der Waals surface area contributed by atoms with Gasteiger partial charge in [0.1, 0.15) is 23.8 Å². The third kappa shape index (κ3) is 5.38. The quantitative estimate of drug-likeness (QED) is 0.475. The van der Waals surface area contributed by atoms with Gasteiger partial charge in [0.25, 0.3) is 5.91 Å². The largest absolute Gasteiger partial charge is 0.497 e. The van der Waals surface area contributed by atoms with E-state index in [4.69, 9.17) is 18.7 Å². The number of benzene rings is 2. The second-order valence-corrected chi connectivity index (χ2v) is 6.27. The Morgan fingerprint density at radius 1 is 1.10 bits per heavy atom. The fraction of sp³-hybridized carbons (Fsp3) is 0.227. The molecule has 0 saturated heterocycles. The number of aromatic nitrogens is 2. The molecule has 1 amide bonds. The Labute approximate surface area is 174 Å². The second-order valence-electron chi connectivity index (χ2n) is 6.27. The van der Waals surface area contributed by atoms with Gasteiger partial charge in [-0.15, -0.1) is 6.58 Å². The molecule has 0 aliphatic rings. The number of methoxy groups -OCH3 is 2. The topological polar surface area (TPSA) is 86.9 Å². The fourth-order valence-corrected chi connectivity index (χ4v) is 2.68. The van der Waals surface area contributed by atoms with Crippen LogP contribution in [0.4, 0.5) is 0 Å². The van der Waals surface area contributed by atoms with Gasteiger partial charge in [0.15, 0.2) is 6.61 Å². The first-order chi connectivity index (χ1) is 14.6. The maximum absolute atomic E-state index is 12.6. The minimum atomic E-state index is -0.234. The van der Waals surface area contributed by atoms with Gasteiger partial charge in [0.05, 0.1) is 14.2 Å². The molecule has 0 fully saturated rings. The van der Waals surface area contributed by atoms with Crippen LogP contribution >= 0.6 is 0 Å². The van der Waals surface area contributed by atoms with E-state index in [1.807, 2.05) is 24.3 Å². The zero-order valence-corrected chi connectivity index (χ0v) is 16.9. The summed E-state index contributed by atoms with van der Waals surface area (Å²) in [5.74, 6) is 2.45. The predicted molar refractivity (Wildman–Crippen MR) is 110 cm³/mol. The van der Waals surface area contributed by atoms with Gasteiger partial charge in [-0.2, -0.15) is 4.98 Å². The van der Waals surface area contributed by atoms with E-state index < -0.39 is 0 Å². The minimum absolute atomic E-state index is 0.138. The highest BCUT2D eigenvalue weighted by Gasteiger charge is 2.18. The van der Waals surface area contributed by atoms with E-state index in [0.29, 0.717) is 29.8 Å².